The molecule has 5 nitrogen and oxygen atoms in total. The van der Waals surface area contributed by atoms with Crippen molar-refractivity contribution in [3.8, 4) is 0 Å². The van der Waals surface area contributed by atoms with Crippen LogP contribution in [-0.2, 0) is 12.8 Å². The van der Waals surface area contributed by atoms with Crippen LogP contribution in [0, 0.1) is 17.8 Å². The minimum atomic E-state index is -0.0940. The van der Waals surface area contributed by atoms with Gasteiger partial charge in [0.2, 0.25) is 0 Å². The van der Waals surface area contributed by atoms with Crippen LogP contribution in [0.15, 0.2) is 34.1 Å². The molecule has 2 fully saturated rings. The number of carbonyl (C=O) groups is 1. The SMILES string of the molecule is C[C@H](NC(=O)c1ccc(CSc2nccn2C)o1)[C@@H]1C[C@H]2CC[C@H]1C2. The van der Waals surface area contributed by atoms with E-state index in [0.29, 0.717) is 17.4 Å². The second kappa shape index (κ2) is 6.90. The van der Waals surface area contributed by atoms with Crippen LogP contribution in [0.25, 0.3) is 0 Å². The summed E-state index contributed by atoms with van der Waals surface area (Å²) in [6, 6.07) is 3.88. The molecular weight excluding hydrogens is 334 g/mol. The Kier molecular flexibility index (Phi) is 4.63. The average Bonchev–Trinajstić information content (AvgIpc) is 3.37. The number of fused-ring (bicyclic) bond motifs is 2. The van der Waals surface area contributed by atoms with Gasteiger partial charge in [0.25, 0.3) is 5.91 Å². The van der Waals surface area contributed by atoms with E-state index < -0.39 is 0 Å². The Hall–Kier alpha value is -1.69. The average molecular weight is 359 g/mol. The van der Waals surface area contributed by atoms with E-state index >= 15 is 0 Å². The molecule has 2 aliphatic rings. The minimum Gasteiger partial charge on any atom is -0.455 e. The van der Waals surface area contributed by atoms with Gasteiger partial charge in [0.15, 0.2) is 10.9 Å². The van der Waals surface area contributed by atoms with Gasteiger partial charge >= 0.3 is 0 Å². The Morgan fingerprint density at radius 1 is 1.44 bits per heavy atom. The highest BCUT2D eigenvalue weighted by molar-refractivity contribution is 7.98. The molecule has 1 amide bonds. The fourth-order valence-corrected chi connectivity index (χ4v) is 5.32. The van der Waals surface area contributed by atoms with Crippen molar-refractivity contribution in [1.82, 2.24) is 14.9 Å². The van der Waals surface area contributed by atoms with Crippen molar-refractivity contribution in [3.63, 3.8) is 0 Å². The monoisotopic (exact) mass is 359 g/mol. The Bertz CT molecular complexity index is 753. The van der Waals surface area contributed by atoms with E-state index in [2.05, 4.69) is 17.2 Å². The molecule has 0 spiro atoms. The molecular formula is C19H25N3O2S. The number of imidazole rings is 1. The van der Waals surface area contributed by atoms with Gasteiger partial charge < -0.3 is 14.3 Å². The van der Waals surface area contributed by atoms with Crippen LogP contribution in [0.1, 0.15) is 48.9 Å². The number of aromatic nitrogens is 2. The number of amides is 1. The van der Waals surface area contributed by atoms with Crippen molar-refractivity contribution in [3.05, 3.63) is 36.0 Å². The lowest BCUT2D eigenvalue weighted by molar-refractivity contribution is 0.0885. The molecule has 4 atom stereocenters. The van der Waals surface area contributed by atoms with Crippen LogP contribution < -0.4 is 5.32 Å². The van der Waals surface area contributed by atoms with Crippen LogP contribution in [-0.4, -0.2) is 21.5 Å². The Labute approximate surface area is 152 Å². The Morgan fingerprint density at radius 2 is 2.32 bits per heavy atom. The zero-order valence-electron chi connectivity index (χ0n) is 14.8. The highest BCUT2D eigenvalue weighted by Crippen LogP contribution is 2.49. The lowest BCUT2D eigenvalue weighted by Gasteiger charge is -2.28. The molecule has 0 unspecified atom stereocenters. The van der Waals surface area contributed by atoms with Gasteiger partial charge in [-0.1, -0.05) is 18.2 Å². The quantitative estimate of drug-likeness (QED) is 0.796. The van der Waals surface area contributed by atoms with Gasteiger partial charge in [-0.15, -0.1) is 0 Å². The summed E-state index contributed by atoms with van der Waals surface area (Å²) < 4.78 is 7.71. The first-order valence-electron chi connectivity index (χ1n) is 9.10. The van der Waals surface area contributed by atoms with Crippen molar-refractivity contribution < 1.29 is 9.21 Å². The van der Waals surface area contributed by atoms with E-state index in [-0.39, 0.29) is 11.9 Å². The maximum atomic E-state index is 12.5. The fourth-order valence-electron chi connectivity index (χ4n) is 4.50. The normalized spacial score (nSPS) is 26.1. The van der Waals surface area contributed by atoms with Gasteiger partial charge in [-0.05, 0) is 56.1 Å². The first-order valence-corrected chi connectivity index (χ1v) is 10.1. The topological polar surface area (TPSA) is 60.1 Å². The van der Waals surface area contributed by atoms with Gasteiger partial charge in [-0.2, -0.15) is 0 Å². The van der Waals surface area contributed by atoms with Crippen LogP contribution in [0.4, 0.5) is 0 Å². The third-order valence-electron chi connectivity index (χ3n) is 5.80. The molecule has 2 heterocycles. The first kappa shape index (κ1) is 16.8. The van der Waals surface area contributed by atoms with E-state index in [1.54, 1.807) is 24.0 Å². The molecule has 2 saturated carbocycles. The number of nitrogens with one attached hydrogen (secondary N) is 1. The third-order valence-corrected chi connectivity index (χ3v) is 6.88. The summed E-state index contributed by atoms with van der Waals surface area (Å²) in [7, 11) is 1.97. The number of hydrogen-bond donors (Lipinski definition) is 1. The minimum absolute atomic E-state index is 0.0940. The van der Waals surface area contributed by atoms with E-state index in [9.17, 15) is 4.79 Å². The molecule has 0 saturated heterocycles. The lowest BCUT2D eigenvalue weighted by atomic mass is 9.84. The molecule has 0 aliphatic heterocycles. The summed E-state index contributed by atoms with van der Waals surface area (Å²) in [4.78, 5) is 16.8. The largest absolute Gasteiger partial charge is 0.455 e. The van der Waals surface area contributed by atoms with Gasteiger partial charge in [-0.25, -0.2) is 4.98 Å². The maximum Gasteiger partial charge on any atom is 0.287 e. The van der Waals surface area contributed by atoms with Crippen molar-refractivity contribution >= 4 is 17.7 Å². The summed E-state index contributed by atoms with van der Waals surface area (Å²) in [5.74, 6) is 4.12. The Morgan fingerprint density at radius 3 is 3.00 bits per heavy atom. The van der Waals surface area contributed by atoms with E-state index in [4.69, 9.17) is 4.42 Å². The molecule has 2 aromatic rings. The van der Waals surface area contributed by atoms with Gasteiger partial charge in [0.05, 0.1) is 5.75 Å². The van der Waals surface area contributed by atoms with Crippen molar-refractivity contribution in [2.75, 3.05) is 0 Å². The number of thioether (sulfide) groups is 1. The highest BCUT2D eigenvalue weighted by atomic mass is 32.2. The summed E-state index contributed by atoms with van der Waals surface area (Å²) >= 11 is 1.60. The van der Waals surface area contributed by atoms with Crippen molar-refractivity contribution in [2.45, 2.75) is 49.6 Å². The lowest BCUT2D eigenvalue weighted by Crippen LogP contribution is -2.39. The molecule has 25 heavy (non-hydrogen) atoms. The van der Waals surface area contributed by atoms with Gasteiger partial charge in [0.1, 0.15) is 5.76 Å². The second-order valence-corrected chi connectivity index (χ2v) is 8.42. The van der Waals surface area contributed by atoms with Gasteiger partial charge in [0, 0.05) is 25.5 Å². The van der Waals surface area contributed by atoms with Crippen molar-refractivity contribution in [2.24, 2.45) is 24.8 Å². The molecule has 2 aliphatic carbocycles. The molecule has 4 rings (SSSR count). The number of nitrogens with zero attached hydrogens (tertiary/aromatic N) is 2. The summed E-state index contributed by atoms with van der Waals surface area (Å²) in [5, 5.41) is 4.10. The van der Waals surface area contributed by atoms with E-state index in [0.717, 1.165) is 22.8 Å². The second-order valence-electron chi connectivity index (χ2n) is 7.48. The van der Waals surface area contributed by atoms with Crippen LogP contribution in [0.2, 0.25) is 0 Å². The number of carbonyl (C=O) groups excluding carboxylic acids is 1. The molecule has 6 heteroatoms. The predicted molar refractivity (Wildman–Crippen MR) is 97.3 cm³/mol. The molecule has 0 aromatic carbocycles. The molecule has 134 valence electrons. The summed E-state index contributed by atoms with van der Waals surface area (Å²) in [6.45, 7) is 2.14. The standard InChI is InChI=1S/C19H25N3O2S/c1-12(16-10-13-3-4-14(16)9-13)21-18(23)17-6-5-15(24-17)11-25-19-20-7-8-22(19)2/h5-8,12-14,16H,3-4,9-11H2,1-2H3,(H,21,23)/t12-,13-,14-,16-/m0/s1. The third kappa shape index (κ3) is 3.50. The zero-order chi connectivity index (χ0) is 17.4. The fraction of sp³-hybridized carbons (Fsp3) is 0.579. The molecule has 2 aromatic heterocycles. The maximum absolute atomic E-state index is 12.5. The van der Waals surface area contributed by atoms with Gasteiger partial charge in [-0.3, -0.25) is 4.79 Å². The number of furan rings is 1. The number of rotatable bonds is 6. The zero-order valence-corrected chi connectivity index (χ0v) is 15.6. The van der Waals surface area contributed by atoms with Crippen LogP contribution >= 0.6 is 11.8 Å². The van der Waals surface area contributed by atoms with Crippen molar-refractivity contribution in [1.29, 1.82) is 0 Å². The van der Waals surface area contributed by atoms with Crippen LogP contribution in [0.3, 0.4) is 0 Å². The number of aryl methyl sites for hydroxylation is 1. The van der Waals surface area contributed by atoms with E-state index in [1.165, 1.54) is 25.7 Å². The number of hydrogen-bond acceptors (Lipinski definition) is 4. The Balaban J connectivity index is 1.32. The first-order chi connectivity index (χ1) is 12.1. The summed E-state index contributed by atoms with van der Waals surface area (Å²) in [5.41, 5.74) is 0. The molecule has 0 radical (unpaired) electrons. The van der Waals surface area contributed by atoms with E-state index in [1.807, 2.05) is 23.9 Å². The summed E-state index contributed by atoms with van der Waals surface area (Å²) in [6.07, 6.45) is 9.05. The molecule has 1 N–H and O–H groups in total. The molecule has 2 bridgehead atoms. The predicted octanol–water partition coefficient (Wildman–Crippen LogP) is 3.86. The van der Waals surface area contributed by atoms with Crippen LogP contribution in [0.5, 0.6) is 0 Å². The smallest absolute Gasteiger partial charge is 0.287 e. The highest BCUT2D eigenvalue weighted by Gasteiger charge is 2.42.